The summed E-state index contributed by atoms with van der Waals surface area (Å²) in [6, 6.07) is -0.769. The van der Waals surface area contributed by atoms with Crippen molar-refractivity contribution < 1.29 is 35.9 Å². The highest BCUT2D eigenvalue weighted by Gasteiger charge is 2.39. The van der Waals surface area contributed by atoms with E-state index in [4.69, 9.17) is 26.5 Å². The van der Waals surface area contributed by atoms with E-state index < -0.39 is 67.4 Å². The van der Waals surface area contributed by atoms with Gasteiger partial charge in [0, 0.05) is 0 Å². The van der Waals surface area contributed by atoms with Crippen LogP contribution in [0, 0.1) is 0 Å². The largest absolute Gasteiger partial charge is 0.519 e. The van der Waals surface area contributed by atoms with Gasteiger partial charge in [-0.25, -0.2) is 4.57 Å². The molecule has 0 aliphatic rings. The standard InChI is InChI=1S/C21H54NO8PSi5/c1-32(2,3)22-20(21(23)29-35(10,11)12)18-26-31(24,30-36(13,14)15)25-16-19(28-34(7,8)9)17-27-33(4,5)6/h19-20,22H,16-18H2,1-15H3/t19?,20-,31?/m0/s1. The Bertz CT molecular complexity index is 739. The topological polar surface area (TPSA) is 102 Å². The Labute approximate surface area is 225 Å². The van der Waals surface area contributed by atoms with Gasteiger partial charge < -0.3 is 22.5 Å². The fraction of sp³-hybridized carbons (Fsp3) is 0.952. The van der Waals surface area contributed by atoms with E-state index in [2.05, 4.69) is 63.9 Å². The molecule has 0 heterocycles. The Kier molecular flexibility index (Phi) is 14.0. The summed E-state index contributed by atoms with van der Waals surface area (Å²) in [5.41, 5.74) is 0. The molecule has 0 saturated carbocycles. The molecule has 0 amide bonds. The van der Waals surface area contributed by atoms with Crippen molar-refractivity contribution in [2.24, 2.45) is 0 Å². The summed E-state index contributed by atoms with van der Waals surface area (Å²) in [5, 5.41) is 0. The fourth-order valence-electron chi connectivity index (χ4n) is 2.79. The molecular formula is C21H54NO8PSi5. The van der Waals surface area contributed by atoms with E-state index in [-0.39, 0.29) is 13.2 Å². The first kappa shape index (κ1) is 36.5. The maximum absolute atomic E-state index is 13.8. The maximum atomic E-state index is 13.8. The highest BCUT2D eigenvalue weighted by atomic mass is 31.2. The lowest BCUT2D eigenvalue weighted by molar-refractivity contribution is -0.137. The van der Waals surface area contributed by atoms with Crippen LogP contribution < -0.4 is 4.98 Å². The van der Waals surface area contributed by atoms with E-state index in [1.54, 1.807) is 0 Å². The van der Waals surface area contributed by atoms with E-state index in [9.17, 15) is 9.36 Å². The second-order valence-corrected chi connectivity index (χ2v) is 38.6. The van der Waals surface area contributed by atoms with Crippen molar-refractivity contribution >= 4 is 55.3 Å². The number of nitrogens with one attached hydrogen (secondary N) is 1. The van der Waals surface area contributed by atoms with Crippen LogP contribution >= 0.6 is 7.82 Å². The minimum absolute atomic E-state index is 0.00196. The Morgan fingerprint density at radius 3 is 1.58 bits per heavy atom. The molecule has 36 heavy (non-hydrogen) atoms. The first-order valence-corrected chi connectivity index (χ1v) is 31.2. The molecule has 0 aliphatic heterocycles. The zero-order valence-electron chi connectivity index (χ0n) is 25.5. The lowest BCUT2D eigenvalue weighted by Gasteiger charge is -2.32. The number of carbonyl (C=O) groups excluding carboxylic acids is 1. The molecule has 3 atom stereocenters. The van der Waals surface area contributed by atoms with Gasteiger partial charge in [-0.2, -0.15) is 0 Å². The molecule has 0 bridgehead atoms. The van der Waals surface area contributed by atoms with Crippen molar-refractivity contribution in [2.75, 3.05) is 19.8 Å². The van der Waals surface area contributed by atoms with Crippen molar-refractivity contribution in [2.45, 2.75) is 110 Å². The molecule has 0 aliphatic carbocycles. The monoisotopic (exact) mass is 619 g/mol. The molecule has 0 fully saturated rings. The predicted octanol–water partition coefficient (Wildman–Crippen LogP) is 6.22. The van der Waals surface area contributed by atoms with Gasteiger partial charge in [-0.1, -0.05) is 19.6 Å². The molecule has 0 radical (unpaired) electrons. The van der Waals surface area contributed by atoms with Crippen LogP contribution in [0.5, 0.6) is 0 Å². The first-order valence-electron chi connectivity index (χ1n) is 12.6. The summed E-state index contributed by atoms with van der Waals surface area (Å²) in [6.07, 6.45) is -0.404. The zero-order valence-corrected chi connectivity index (χ0v) is 31.4. The molecule has 9 nitrogen and oxygen atoms in total. The first-order chi connectivity index (χ1) is 15.7. The summed E-state index contributed by atoms with van der Waals surface area (Å²) in [5.74, 6) is -0.403. The highest BCUT2D eigenvalue weighted by Crippen LogP contribution is 2.52. The second kappa shape index (κ2) is 13.7. The van der Waals surface area contributed by atoms with Crippen LogP contribution in [0.2, 0.25) is 98.2 Å². The third kappa shape index (κ3) is 20.5. The molecule has 0 spiro atoms. The predicted molar refractivity (Wildman–Crippen MR) is 161 cm³/mol. The van der Waals surface area contributed by atoms with Crippen molar-refractivity contribution in [1.82, 2.24) is 4.98 Å². The number of phosphoric ester groups is 1. The van der Waals surface area contributed by atoms with Gasteiger partial charge in [0.05, 0.1) is 25.9 Å². The summed E-state index contributed by atoms with van der Waals surface area (Å²) in [7, 11) is -14.1. The van der Waals surface area contributed by atoms with Crippen LogP contribution in [0.4, 0.5) is 0 Å². The van der Waals surface area contributed by atoms with Gasteiger partial charge in [0.2, 0.25) is 8.32 Å². The molecule has 0 saturated heterocycles. The molecule has 15 heteroatoms. The molecule has 0 aromatic carbocycles. The lowest BCUT2D eigenvalue weighted by atomic mass is 10.3. The zero-order chi connectivity index (χ0) is 28.8. The minimum atomic E-state index is -4.00. The van der Waals surface area contributed by atoms with Crippen LogP contribution in [0.25, 0.3) is 0 Å². The van der Waals surface area contributed by atoms with E-state index >= 15 is 0 Å². The van der Waals surface area contributed by atoms with Gasteiger partial charge in [-0.3, -0.25) is 13.8 Å². The average molecular weight is 620 g/mol. The molecule has 1 N–H and O–H groups in total. The fourth-order valence-corrected chi connectivity index (χ4v) is 10.5. The Morgan fingerprint density at radius 1 is 0.694 bits per heavy atom. The smallest absolute Gasteiger partial charge is 0.465 e. The quantitative estimate of drug-likeness (QED) is 0.150. The van der Waals surface area contributed by atoms with Crippen LogP contribution in [0.15, 0.2) is 0 Å². The van der Waals surface area contributed by atoms with Crippen molar-refractivity contribution in [3.05, 3.63) is 0 Å². The van der Waals surface area contributed by atoms with E-state index in [1.807, 2.05) is 39.3 Å². The summed E-state index contributed by atoms with van der Waals surface area (Å²) in [6.45, 7) is 30.5. The average Bonchev–Trinajstić information content (AvgIpc) is 2.55. The Morgan fingerprint density at radius 2 is 1.19 bits per heavy atom. The van der Waals surface area contributed by atoms with Gasteiger partial charge in [-0.15, -0.1) is 0 Å². The van der Waals surface area contributed by atoms with E-state index in [1.165, 1.54) is 0 Å². The number of carbonyl (C=O) groups is 1. The van der Waals surface area contributed by atoms with Gasteiger partial charge in [0.25, 0.3) is 0 Å². The van der Waals surface area contributed by atoms with Crippen LogP contribution in [0.1, 0.15) is 0 Å². The van der Waals surface area contributed by atoms with Crippen LogP contribution in [-0.2, 0) is 35.9 Å². The summed E-state index contributed by atoms with van der Waals surface area (Å²) < 4.78 is 49.5. The van der Waals surface area contributed by atoms with Gasteiger partial charge in [-0.05, 0) is 78.6 Å². The molecule has 2 unspecified atom stereocenters. The molecule has 216 valence electrons. The van der Waals surface area contributed by atoms with Crippen molar-refractivity contribution in [1.29, 1.82) is 0 Å². The second-order valence-electron chi connectivity index (χ2n) is 14.0. The van der Waals surface area contributed by atoms with Crippen LogP contribution in [-0.4, -0.2) is 79.4 Å². The number of phosphoric acid groups is 1. The lowest BCUT2D eigenvalue weighted by Crippen LogP contribution is -2.55. The number of hydrogen-bond donors (Lipinski definition) is 1. The van der Waals surface area contributed by atoms with Gasteiger partial charge in [0.1, 0.15) is 14.3 Å². The van der Waals surface area contributed by atoms with Crippen LogP contribution in [0.3, 0.4) is 0 Å². The molecule has 0 aromatic rings. The normalized spacial score (nSPS) is 17.4. The number of hydrogen-bond acceptors (Lipinski definition) is 9. The minimum Gasteiger partial charge on any atom is -0.519 e. The van der Waals surface area contributed by atoms with Gasteiger partial charge >= 0.3 is 13.8 Å². The Balaban J connectivity index is 5.74. The third-order valence-electron chi connectivity index (χ3n) is 3.72. The molecule has 0 rings (SSSR count). The number of rotatable bonds is 17. The van der Waals surface area contributed by atoms with Crippen molar-refractivity contribution in [3.8, 4) is 0 Å². The highest BCUT2D eigenvalue weighted by molar-refractivity contribution is 7.50. The SMILES string of the molecule is C[Si](C)(C)N[C@@H](COP(=O)(OCC(CO[Si](C)(C)C)O[Si](C)(C)C)O[Si](C)(C)C)C(=O)O[Si](C)(C)C. The molecule has 0 aromatic heterocycles. The van der Waals surface area contributed by atoms with E-state index in [0.29, 0.717) is 6.61 Å². The maximum Gasteiger partial charge on any atom is 0.465 e. The Hall–Kier alpha value is 0.544. The van der Waals surface area contributed by atoms with Gasteiger partial charge in [0.15, 0.2) is 25.0 Å². The molecular weight excluding hydrogens is 566 g/mol. The summed E-state index contributed by atoms with van der Waals surface area (Å²) >= 11 is 0. The summed E-state index contributed by atoms with van der Waals surface area (Å²) in [4.78, 5) is 16.3. The van der Waals surface area contributed by atoms with Crippen molar-refractivity contribution in [3.63, 3.8) is 0 Å². The van der Waals surface area contributed by atoms with E-state index in [0.717, 1.165) is 0 Å². The third-order valence-corrected chi connectivity index (χ3v) is 11.8.